The minimum Gasteiger partial charge on any atom is -0.503 e. The van der Waals surface area contributed by atoms with Gasteiger partial charge in [-0.3, -0.25) is 0 Å². The first-order chi connectivity index (χ1) is 5.57. The summed E-state index contributed by atoms with van der Waals surface area (Å²) in [5, 5.41) is 18.4. The van der Waals surface area contributed by atoms with Gasteiger partial charge >= 0.3 is 0 Å². The summed E-state index contributed by atoms with van der Waals surface area (Å²) in [5.74, 6) is -0.796. The van der Waals surface area contributed by atoms with Crippen LogP contribution in [0.2, 0.25) is 10.0 Å². The second kappa shape index (κ2) is 3.29. The Morgan fingerprint density at radius 1 is 1.25 bits per heavy atom. The van der Waals surface area contributed by atoms with Crippen LogP contribution in [0.15, 0.2) is 6.07 Å². The summed E-state index contributed by atoms with van der Waals surface area (Å²) in [6.07, 6.45) is 0. The number of halogens is 2. The molecule has 0 saturated carbocycles. The van der Waals surface area contributed by atoms with Crippen LogP contribution in [0.3, 0.4) is 0 Å². The van der Waals surface area contributed by atoms with Crippen LogP contribution in [0.1, 0.15) is 0 Å². The summed E-state index contributed by atoms with van der Waals surface area (Å²) in [6, 6.07) is 1.32. The fourth-order valence-electron chi connectivity index (χ4n) is 0.736. The standard InChI is InChI=1S/C7H6Cl2O3/c1-12-4-2-3(8)5(9)7(11)6(4)10/h2,10-11H,1H3. The Morgan fingerprint density at radius 3 is 2.33 bits per heavy atom. The number of methoxy groups -OCH3 is 1. The van der Waals surface area contributed by atoms with E-state index in [0.717, 1.165) is 0 Å². The Morgan fingerprint density at radius 2 is 1.83 bits per heavy atom. The topological polar surface area (TPSA) is 49.7 Å². The third-order valence-corrected chi connectivity index (χ3v) is 2.13. The number of benzene rings is 1. The van der Waals surface area contributed by atoms with Gasteiger partial charge in [-0.1, -0.05) is 23.2 Å². The zero-order valence-electron chi connectivity index (χ0n) is 6.14. The van der Waals surface area contributed by atoms with Gasteiger partial charge in [0.25, 0.3) is 0 Å². The predicted molar refractivity (Wildman–Crippen MR) is 46.3 cm³/mol. The summed E-state index contributed by atoms with van der Waals surface area (Å²) in [4.78, 5) is 0. The molecule has 0 bridgehead atoms. The molecule has 0 aliphatic carbocycles. The molecule has 0 heterocycles. The van der Waals surface area contributed by atoms with Crippen molar-refractivity contribution in [2.75, 3.05) is 7.11 Å². The maximum absolute atomic E-state index is 9.18. The summed E-state index contributed by atoms with van der Waals surface area (Å²) in [5.41, 5.74) is 0. The largest absolute Gasteiger partial charge is 0.503 e. The highest BCUT2D eigenvalue weighted by Crippen LogP contribution is 2.44. The Bertz CT molecular complexity index is 312. The number of rotatable bonds is 1. The lowest BCUT2D eigenvalue weighted by atomic mass is 10.3. The second-order valence-electron chi connectivity index (χ2n) is 2.07. The molecular formula is C7H6Cl2O3. The average Bonchev–Trinajstić information content (AvgIpc) is 2.08. The molecule has 0 aliphatic rings. The van der Waals surface area contributed by atoms with Crippen molar-refractivity contribution in [1.29, 1.82) is 0 Å². The van der Waals surface area contributed by atoms with Crippen LogP contribution in [-0.2, 0) is 0 Å². The molecule has 0 spiro atoms. The average molecular weight is 209 g/mol. The predicted octanol–water partition coefficient (Wildman–Crippen LogP) is 2.41. The van der Waals surface area contributed by atoms with Crippen molar-refractivity contribution >= 4 is 23.2 Å². The van der Waals surface area contributed by atoms with E-state index in [9.17, 15) is 5.11 Å². The first-order valence-electron chi connectivity index (χ1n) is 3.01. The van der Waals surface area contributed by atoms with Crippen molar-refractivity contribution in [3.63, 3.8) is 0 Å². The van der Waals surface area contributed by atoms with E-state index in [-0.39, 0.29) is 15.8 Å². The van der Waals surface area contributed by atoms with Gasteiger partial charge in [-0.15, -0.1) is 0 Å². The minimum atomic E-state index is -0.471. The molecule has 0 unspecified atom stereocenters. The minimum absolute atomic E-state index is 0.0851. The lowest BCUT2D eigenvalue weighted by Crippen LogP contribution is -1.84. The van der Waals surface area contributed by atoms with Crippen LogP contribution in [0.4, 0.5) is 0 Å². The van der Waals surface area contributed by atoms with Crippen molar-refractivity contribution < 1.29 is 14.9 Å². The molecule has 1 aromatic rings. The molecule has 1 aromatic carbocycles. The van der Waals surface area contributed by atoms with Crippen LogP contribution < -0.4 is 4.74 Å². The maximum atomic E-state index is 9.18. The van der Waals surface area contributed by atoms with E-state index in [4.69, 9.17) is 33.0 Å². The molecule has 0 fully saturated rings. The van der Waals surface area contributed by atoms with Crippen molar-refractivity contribution in [1.82, 2.24) is 0 Å². The number of ether oxygens (including phenoxy) is 1. The third kappa shape index (κ3) is 1.38. The molecule has 0 radical (unpaired) electrons. The van der Waals surface area contributed by atoms with Crippen LogP contribution in [0.25, 0.3) is 0 Å². The summed E-state index contributed by atoms with van der Waals surface area (Å²) < 4.78 is 4.71. The van der Waals surface area contributed by atoms with Gasteiger partial charge in [0.1, 0.15) is 5.02 Å². The SMILES string of the molecule is COc1cc(Cl)c(Cl)c(O)c1O. The van der Waals surface area contributed by atoms with Crippen LogP contribution >= 0.6 is 23.2 Å². The van der Waals surface area contributed by atoms with Gasteiger partial charge in [-0.05, 0) is 0 Å². The van der Waals surface area contributed by atoms with Crippen molar-refractivity contribution in [2.24, 2.45) is 0 Å². The Kier molecular flexibility index (Phi) is 2.55. The van der Waals surface area contributed by atoms with E-state index in [0.29, 0.717) is 0 Å². The first-order valence-corrected chi connectivity index (χ1v) is 3.77. The van der Waals surface area contributed by atoms with Gasteiger partial charge in [0, 0.05) is 6.07 Å². The molecule has 0 aliphatic heterocycles. The fourth-order valence-corrected chi connectivity index (χ4v) is 1.07. The number of aromatic hydroxyl groups is 2. The van der Waals surface area contributed by atoms with Crippen LogP contribution in [0, 0.1) is 0 Å². The fraction of sp³-hybridized carbons (Fsp3) is 0.143. The van der Waals surface area contributed by atoms with E-state index >= 15 is 0 Å². The van der Waals surface area contributed by atoms with E-state index < -0.39 is 11.5 Å². The van der Waals surface area contributed by atoms with E-state index in [1.165, 1.54) is 13.2 Å². The number of hydrogen-bond acceptors (Lipinski definition) is 3. The summed E-state index contributed by atoms with van der Waals surface area (Å²) in [6.45, 7) is 0. The van der Waals surface area contributed by atoms with E-state index in [2.05, 4.69) is 0 Å². The molecule has 5 heteroatoms. The van der Waals surface area contributed by atoms with Crippen LogP contribution in [0.5, 0.6) is 17.2 Å². The highest BCUT2D eigenvalue weighted by atomic mass is 35.5. The zero-order valence-corrected chi connectivity index (χ0v) is 7.65. The van der Waals surface area contributed by atoms with Gasteiger partial charge in [0.05, 0.1) is 12.1 Å². The number of phenolic OH excluding ortho intramolecular Hbond substituents is 2. The van der Waals surface area contributed by atoms with Gasteiger partial charge < -0.3 is 14.9 Å². The lowest BCUT2D eigenvalue weighted by Gasteiger charge is -2.07. The van der Waals surface area contributed by atoms with Crippen molar-refractivity contribution in [3.05, 3.63) is 16.1 Å². The Labute approximate surface area is 79.1 Å². The first kappa shape index (κ1) is 9.29. The Balaban J connectivity index is 3.39. The molecule has 0 amide bonds. The lowest BCUT2D eigenvalue weighted by molar-refractivity contribution is 0.351. The molecule has 0 saturated heterocycles. The smallest absolute Gasteiger partial charge is 0.202 e. The van der Waals surface area contributed by atoms with Gasteiger partial charge in [-0.25, -0.2) is 0 Å². The molecule has 0 atom stereocenters. The second-order valence-corrected chi connectivity index (χ2v) is 2.86. The normalized spacial score (nSPS) is 9.92. The third-order valence-electron chi connectivity index (χ3n) is 1.35. The van der Waals surface area contributed by atoms with E-state index in [1.807, 2.05) is 0 Å². The highest BCUT2D eigenvalue weighted by Gasteiger charge is 2.14. The van der Waals surface area contributed by atoms with Gasteiger partial charge in [0.2, 0.25) is 5.75 Å². The van der Waals surface area contributed by atoms with Gasteiger partial charge in [-0.2, -0.15) is 0 Å². The number of phenols is 2. The van der Waals surface area contributed by atoms with Crippen molar-refractivity contribution in [3.8, 4) is 17.2 Å². The number of hydrogen-bond donors (Lipinski definition) is 2. The van der Waals surface area contributed by atoms with Crippen LogP contribution in [-0.4, -0.2) is 17.3 Å². The monoisotopic (exact) mass is 208 g/mol. The molecular weight excluding hydrogens is 203 g/mol. The molecule has 1 rings (SSSR count). The highest BCUT2D eigenvalue weighted by molar-refractivity contribution is 6.43. The van der Waals surface area contributed by atoms with Gasteiger partial charge in [0.15, 0.2) is 11.5 Å². The quantitative estimate of drug-likeness (QED) is 0.698. The molecule has 2 N–H and O–H groups in total. The summed E-state index contributed by atoms with van der Waals surface area (Å²) in [7, 11) is 1.35. The van der Waals surface area contributed by atoms with E-state index in [1.54, 1.807) is 0 Å². The van der Waals surface area contributed by atoms with Crippen molar-refractivity contribution in [2.45, 2.75) is 0 Å². The molecule has 66 valence electrons. The summed E-state index contributed by atoms with van der Waals surface area (Å²) >= 11 is 11.1. The molecule has 3 nitrogen and oxygen atoms in total. The zero-order chi connectivity index (χ0) is 9.30. The maximum Gasteiger partial charge on any atom is 0.202 e. The molecule has 12 heavy (non-hydrogen) atoms. The molecule has 0 aromatic heterocycles. The Hall–Kier alpha value is -0.800.